The fourth-order valence-corrected chi connectivity index (χ4v) is 4.00. The van der Waals surface area contributed by atoms with Gasteiger partial charge in [-0.15, -0.1) is 0 Å². The average molecular weight is 423 g/mol. The van der Waals surface area contributed by atoms with Crippen LogP contribution in [0.15, 0.2) is 59.6 Å². The fourth-order valence-electron chi connectivity index (χ4n) is 2.81. The summed E-state index contributed by atoms with van der Waals surface area (Å²) in [4.78, 5) is 15.6. The minimum absolute atomic E-state index is 0.237. The number of rotatable bonds is 4. The van der Waals surface area contributed by atoms with Crippen molar-refractivity contribution in [2.75, 3.05) is 0 Å². The lowest BCUT2D eigenvalue weighted by Gasteiger charge is -2.13. The number of imidazole rings is 1. The molecular weight excluding hydrogens is 407 g/mol. The number of sulfonamides is 1. The van der Waals surface area contributed by atoms with E-state index in [2.05, 4.69) is 4.98 Å². The molecule has 1 amide bonds. The number of amides is 1. The van der Waals surface area contributed by atoms with Crippen molar-refractivity contribution in [1.82, 2.24) is 14.3 Å². The molecule has 3 rings (SSSR count). The Morgan fingerprint density at radius 1 is 1.07 bits per heavy atom. The van der Waals surface area contributed by atoms with Gasteiger partial charge >= 0.3 is 6.18 Å². The van der Waals surface area contributed by atoms with Gasteiger partial charge in [-0.05, 0) is 24.6 Å². The van der Waals surface area contributed by atoms with Crippen LogP contribution in [-0.4, -0.2) is 23.9 Å². The van der Waals surface area contributed by atoms with Gasteiger partial charge in [0, 0.05) is 18.8 Å². The van der Waals surface area contributed by atoms with E-state index in [1.54, 1.807) is 23.9 Å². The number of nitrogens with one attached hydrogen (secondary N) is 1. The summed E-state index contributed by atoms with van der Waals surface area (Å²) in [5, 5.41) is 0. The summed E-state index contributed by atoms with van der Waals surface area (Å²) in [7, 11) is -3.14. The van der Waals surface area contributed by atoms with Gasteiger partial charge in [-0.2, -0.15) is 13.2 Å². The molecule has 0 aliphatic rings. The van der Waals surface area contributed by atoms with Crippen molar-refractivity contribution in [2.24, 2.45) is 7.05 Å². The van der Waals surface area contributed by atoms with Gasteiger partial charge in [0.1, 0.15) is 11.5 Å². The highest BCUT2D eigenvalue weighted by Gasteiger charge is 2.37. The van der Waals surface area contributed by atoms with Crippen molar-refractivity contribution in [3.63, 3.8) is 0 Å². The molecule has 0 bridgehead atoms. The lowest BCUT2D eigenvalue weighted by atomic mass is 10.1. The molecule has 0 aliphatic heterocycles. The molecule has 0 spiro atoms. The van der Waals surface area contributed by atoms with Gasteiger partial charge in [-0.1, -0.05) is 36.4 Å². The van der Waals surface area contributed by atoms with E-state index in [1.807, 2.05) is 19.1 Å². The number of nitrogens with zero attached hydrogens (tertiary/aromatic N) is 2. The molecule has 0 fully saturated rings. The molecule has 152 valence electrons. The third-order valence-corrected chi connectivity index (χ3v) is 5.59. The van der Waals surface area contributed by atoms with Crippen molar-refractivity contribution in [3.05, 3.63) is 71.5 Å². The Labute approximate surface area is 165 Å². The molecule has 0 unspecified atom stereocenters. The van der Waals surface area contributed by atoms with Crippen LogP contribution in [0.25, 0.3) is 11.4 Å². The average Bonchev–Trinajstić information content (AvgIpc) is 3.03. The van der Waals surface area contributed by atoms with Crippen LogP contribution < -0.4 is 4.72 Å². The van der Waals surface area contributed by atoms with Crippen LogP contribution in [0.3, 0.4) is 0 Å². The molecule has 29 heavy (non-hydrogen) atoms. The first-order chi connectivity index (χ1) is 13.5. The summed E-state index contributed by atoms with van der Waals surface area (Å²) in [6.07, 6.45) is -3.58. The second kappa shape index (κ2) is 7.36. The number of carbonyl (C=O) groups is 1. The van der Waals surface area contributed by atoms with E-state index in [1.165, 1.54) is 10.8 Å². The molecule has 0 saturated carbocycles. The van der Waals surface area contributed by atoms with Crippen LogP contribution in [0.2, 0.25) is 0 Å². The zero-order valence-corrected chi connectivity index (χ0v) is 16.2. The summed E-state index contributed by atoms with van der Waals surface area (Å²) in [6.45, 7) is 1.85. The lowest BCUT2D eigenvalue weighted by Crippen LogP contribution is -2.32. The van der Waals surface area contributed by atoms with Crippen LogP contribution in [0.1, 0.15) is 21.6 Å². The molecule has 6 nitrogen and oxygen atoms in total. The Morgan fingerprint density at radius 2 is 1.69 bits per heavy atom. The zero-order chi connectivity index (χ0) is 21.4. The van der Waals surface area contributed by atoms with Crippen molar-refractivity contribution >= 4 is 15.9 Å². The third kappa shape index (κ3) is 4.16. The van der Waals surface area contributed by atoms with E-state index >= 15 is 0 Å². The first-order valence-electron chi connectivity index (χ1n) is 8.33. The molecule has 0 radical (unpaired) electrons. The molecule has 1 aromatic heterocycles. The van der Waals surface area contributed by atoms with Crippen LogP contribution in [-0.2, 0) is 23.2 Å². The summed E-state index contributed by atoms with van der Waals surface area (Å²) >= 11 is 0. The van der Waals surface area contributed by atoms with E-state index < -0.39 is 32.6 Å². The molecular formula is C19H16F3N3O3S. The van der Waals surface area contributed by atoms with E-state index in [0.29, 0.717) is 11.9 Å². The highest BCUT2D eigenvalue weighted by atomic mass is 32.2. The summed E-state index contributed by atoms with van der Waals surface area (Å²) in [5.74, 6) is -0.709. The third-order valence-electron chi connectivity index (χ3n) is 4.20. The van der Waals surface area contributed by atoms with Gasteiger partial charge < -0.3 is 4.57 Å². The Hall–Kier alpha value is -3.14. The van der Waals surface area contributed by atoms with Crippen molar-refractivity contribution in [1.29, 1.82) is 0 Å². The van der Waals surface area contributed by atoms with Crippen LogP contribution in [0, 0.1) is 6.92 Å². The monoisotopic (exact) mass is 423 g/mol. The Bertz CT molecular complexity index is 1180. The number of halogens is 3. The maximum atomic E-state index is 13.1. The standard InChI is InChI=1S/C19H16F3N3O3S/c1-12-7-3-4-8-13(12)17-23-15(11-25(17)2)18(26)24-29(27,28)16-10-6-5-9-14(16)19(20,21)22/h3-11H,1-2H3,(H,24,26). The summed E-state index contributed by atoms with van der Waals surface area (Å²) in [6, 6.07) is 10.9. The molecule has 1 heterocycles. The minimum Gasteiger partial charge on any atom is -0.333 e. The highest BCUT2D eigenvalue weighted by Crippen LogP contribution is 2.34. The van der Waals surface area contributed by atoms with Gasteiger partial charge in [0.15, 0.2) is 0 Å². The quantitative estimate of drug-likeness (QED) is 0.696. The van der Waals surface area contributed by atoms with Gasteiger partial charge in [-0.3, -0.25) is 4.79 Å². The predicted octanol–water partition coefficient (Wildman–Crippen LogP) is 3.53. The smallest absolute Gasteiger partial charge is 0.333 e. The van der Waals surface area contributed by atoms with Crippen molar-refractivity contribution in [2.45, 2.75) is 18.0 Å². The number of aromatic nitrogens is 2. The van der Waals surface area contributed by atoms with E-state index in [4.69, 9.17) is 0 Å². The SMILES string of the molecule is Cc1ccccc1-c1nc(C(=O)NS(=O)(=O)c2ccccc2C(F)(F)F)cn1C. The topological polar surface area (TPSA) is 81.1 Å². The molecule has 3 aromatic rings. The second-order valence-corrected chi connectivity index (χ2v) is 7.95. The highest BCUT2D eigenvalue weighted by molar-refractivity contribution is 7.90. The maximum Gasteiger partial charge on any atom is 0.417 e. The maximum absolute atomic E-state index is 13.1. The van der Waals surface area contributed by atoms with Gasteiger partial charge in [0.2, 0.25) is 0 Å². The van der Waals surface area contributed by atoms with Gasteiger partial charge in [0.25, 0.3) is 15.9 Å². The fraction of sp³-hybridized carbons (Fsp3) is 0.158. The first-order valence-corrected chi connectivity index (χ1v) is 9.82. The van der Waals surface area contributed by atoms with Crippen LogP contribution >= 0.6 is 0 Å². The molecule has 10 heteroatoms. The number of aryl methyl sites for hydroxylation is 2. The molecule has 0 saturated heterocycles. The zero-order valence-electron chi connectivity index (χ0n) is 15.4. The minimum atomic E-state index is -4.89. The van der Waals surface area contributed by atoms with Crippen LogP contribution in [0.4, 0.5) is 13.2 Å². The number of hydrogen-bond acceptors (Lipinski definition) is 4. The van der Waals surface area contributed by atoms with Crippen molar-refractivity contribution in [3.8, 4) is 11.4 Å². The second-order valence-electron chi connectivity index (χ2n) is 6.30. The van der Waals surface area contributed by atoms with Crippen LogP contribution in [0.5, 0.6) is 0 Å². The first kappa shape index (κ1) is 20.6. The van der Waals surface area contributed by atoms with E-state index in [-0.39, 0.29) is 5.69 Å². The normalized spacial score (nSPS) is 12.0. The molecule has 1 N–H and O–H groups in total. The summed E-state index contributed by atoms with van der Waals surface area (Å²) in [5.41, 5.74) is 0.0277. The molecule has 2 aromatic carbocycles. The predicted molar refractivity (Wildman–Crippen MR) is 99.5 cm³/mol. The Kier molecular flexibility index (Phi) is 5.22. The summed E-state index contributed by atoms with van der Waals surface area (Å²) < 4.78 is 67.5. The lowest BCUT2D eigenvalue weighted by molar-refractivity contribution is -0.139. The molecule has 0 atom stereocenters. The van der Waals surface area contributed by atoms with Gasteiger partial charge in [-0.25, -0.2) is 18.1 Å². The number of hydrogen-bond donors (Lipinski definition) is 1. The Balaban J connectivity index is 1.94. The van der Waals surface area contributed by atoms with E-state index in [9.17, 15) is 26.4 Å². The largest absolute Gasteiger partial charge is 0.417 e. The van der Waals surface area contributed by atoms with Gasteiger partial charge in [0.05, 0.1) is 10.5 Å². The number of alkyl halides is 3. The van der Waals surface area contributed by atoms with Crippen molar-refractivity contribution < 1.29 is 26.4 Å². The number of benzene rings is 2. The number of carbonyl (C=O) groups excluding carboxylic acids is 1. The Morgan fingerprint density at radius 3 is 2.34 bits per heavy atom. The van der Waals surface area contributed by atoms with E-state index in [0.717, 1.165) is 29.3 Å². The molecule has 0 aliphatic carbocycles.